The molecular formula is C13H20BrClN2O. The Bertz CT molecular complexity index is 381. The number of nitrogens with two attached hydrogens (primary N) is 1. The average Bonchev–Trinajstić information content (AvgIpc) is 2.32. The van der Waals surface area contributed by atoms with E-state index in [4.69, 9.17) is 10.5 Å². The van der Waals surface area contributed by atoms with Crippen LogP contribution in [-0.2, 0) is 11.2 Å². The first-order chi connectivity index (χ1) is 8.16. The van der Waals surface area contributed by atoms with Gasteiger partial charge in [-0.3, -0.25) is 0 Å². The van der Waals surface area contributed by atoms with Crippen LogP contribution in [0.2, 0.25) is 0 Å². The second kappa shape index (κ2) is 7.34. The zero-order valence-corrected chi connectivity index (χ0v) is 13.0. The van der Waals surface area contributed by atoms with Crippen LogP contribution in [0.25, 0.3) is 0 Å². The van der Waals surface area contributed by atoms with Crippen LogP contribution in [0.5, 0.6) is 0 Å². The number of hydrogen-bond donors (Lipinski definition) is 1. The van der Waals surface area contributed by atoms with Crippen molar-refractivity contribution in [1.29, 1.82) is 0 Å². The highest BCUT2D eigenvalue weighted by Gasteiger charge is 2.15. The largest absolute Gasteiger partial charge is 0.378 e. The summed E-state index contributed by atoms with van der Waals surface area (Å²) >= 11 is 3.54. The molecule has 1 atom stereocenters. The number of halogens is 2. The van der Waals surface area contributed by atoms with Crippen molar-refractivity contribution in [3.63, 3.8) is 0 Å². The van der Waals surface area contributed by atoms with E-state index in [0.29, 0.717) is 0 Å². The monoisotopic (exact) mass is 334 g/mol. The first-order valence-corrected chi connectivity index (χ1v) is 6.83. The van der Waals surface area contributed by atoms with E-state index in [1.807, 2.05) is 6.92 Å². The van der Waals surface area contributed by atoms with E-state index in [1.54, 1.807) is 0 Å². The fraction of sp³-hybridized carbons (Fsp3) is 0.538. The molecule has 0 aliphatic carbocycles. The van der Waals surface area contributed by atoms with Gasteiger partial charge in [0.1, 0.15) is 0 Å². The maximum Gasteiger partial charge on any atom is 0.0642 e. The Kier molecular flexibility index (Phi) is 6.43. The van der Waals surface area contributed by atoms with Crippen LogP contribution in [0.3, 0.4) is 0 Å². The lowest BCUT2D eigenvalue weighted by Gasteiger charge is -2.31. The van der Waals surface area contributed by atoms with E-state index in [9.17, 15) is 0 Å². The predicted molar refractivity (Wildman–Crippen MR) is 81.8 cm³/mol. The van der Waals surface area contributed by atoms with Gasteiger partial charge < -0.3 is 15.4 Å². The Morgan fingerprint density at radius 2 is 2.06 bits per heavy atom. The van der Waals surface area contributed by atoms with E-state index in [-0.39, 0.29) is 18.4 Å². The SMILES string of the molecule is CC(N)Cc1ccc(Br)cc1N1CCOCC1.Cl. The highest BCUT2D eigenvalue weighted by Crippen LogP contribution is 2.26. The Balaban J connectivity index is 0.00000162. The standard InChI is InChI=1S/C13H19BrN2O.ClH/c1-10(15)8-11-2-3-12(14)9-13(11)16-4-6-17-7-5-16;/h2-3,9-10H,4-8,15H2,1H3;1H. The topological polar surface area (TPSA) is 38.5 Å². The minimum Gasteiger partial charge on any atom is -0.378 e. The molecular weight excluding hydrogens is 316 g/mol. The van der Waals surface area contributed by atoms with Crippen LogP contribution in [-0.4, -0.2) is 32.3 Å². The molecule has 2 N–H and O–H groups in total. The molecule has 0 saturated carbocycles. The van der Waals surface area contributed by atoms with E-state index < -0.39 is 0 Å². The molecule has 5 heteroatoms. The van der Waals surface area contributed by atoms with Gasteiger partial charge in [-0.05, 0) is 31.0 Å². The Morgan fingerprint density at radius 3 is 2.67 bits per heavy atom. The summed E-state index contributed by atoms with van der Waals surface area (Å²) in [6, 6.07) is 6.62. The third kappa shape index (κ3) is 4.12. The first kappa shape index (κ1) is 15.8. The predicted octanol–water partition coefficient (Wildman–Crippen LogP) is 2.60. The van der Waals surface area contributed by atoms with Crippen LogP contribution in [0, 0.1) is 0 Å². The van der Waals surface area contributed by atoms with Gasteiger partial charge in [-0.25, -0.2) is 0 Å². The summed E-state index contributed by atoms with van der Waals surface area (Å²) in [5.41, 5.74) is 8.52. The highest BCUT2D eigenvalue weighted by atomic mass is 79.9. The summed E-state index contributed by atoms with van der Waals surface area (Å²) in [6.07, 6.45) is 0.917. The Hall–Kier alpha value is -0.290. The fourth-order valence-corrected chi connectivity index (χ4v) is 2.50. The third-order valence-electron chi connectivity index (χ3n) is 2.94. The quantitative estimate of drug-likeness (QED) is 0.923. The molecule has 0 aromatic heterocycles. The first-order valence-electron chi connectivity index (χ1n) is 6.03. The van der Waals surface area contributed by atoms with Crippen molar-refractivity contribution in [2.75, 3.05) is 31.2 Å². The molecule has 102 valence electrons. The number of nitrogens with zero attached hydrogens (tertiary/aromatic N) is 1. The van der Waals surface area contributed by atoms with Gasteiger partial charge >= 0.3 is 0 Å². The maximum atomic E-state index is 5.91. The van der Waals surface area contributed by atoms with E-state index in [2.05, 4.69) is 39.0 Å². The van der Waals surface area contributed by atoms with Gasteiger partial charge in [0.2, 0.25) is 0 Å². The van der Waals surface area contributed by atoms with Crippen molar-refractivity contribution in [3.8, 4) is 0 Å². The van der Waals surface area contributed by atoms with Crippen molar-refractivity contribution in [3.05, 3.63) is 28.2 Å². The lowest BCUT2D eigenvalue weighted by molar-refractivity contribution is 0.122. The third-order valence-corrected chi connectivity index (χ3v) is 3.43. The van der Waals surface area contributed by atoms with Crippen molar-refractivity contribution in [2.24, 2.45) is 5.73 Å². The van der Waals surface area contributed by atoms with Gasteiger partial charge in [-0.1, -0.05) is 22.0 Å². The summed E-state index contributed by atoms with van der Waals surface area (Å²) in [5.74, 6) is 0. The molecule has 1 saturated heterocycles. The van der Waals surface area contributed by atoms with Gasteiger partial charge in [0, 0.05) is 29.3 Å². The number of anilines is 1. The van der Waals surface area contributed by atoms with Crippen LogP contribution >= 0.6 is 28.3 Å². The molecule has 2 rings (SSSR count). The average molecular weight is 336 g/mol. The van der Waals surface area contributed by atoms with Crippen LogP contribution in [0.1, 0.15) is 12.5 Å². The minimum atomic E-state index is 0. The Morgan fingerprint density at radius 1 is 1.39 bits per heavy atom. The smallest absolute Gasteiger partial charge is 0.0642 e. The zero-order valence-electron chi connectivity index (χ0n) is 10.6. The normalized spacial score (nSPS) is 17.2. The number of benzene rings is 1. The van der Waals surface area contributed by atoms with Crippen LogP contribution in [0.15, 0.2) is 22.7 Å². The van der Waals surface area contributed by atoms with E-state index in [0.717, 1.165) is 37.2 Å². The molecule has 0 bridgehead atoms. The molecule has 1 aromatic carbocycles. The number of morpholine rings is 1. The second-order valence-electron chi connectivity index (χ2n) is 4.55. The molecule has 1 aliphatic heterocycles. The maximum absolute atomic E-state index is 5.91. The van der Waals surface area contributed by atoms with Gasteiger partial charge in [0.25, 0.3) is 0 Å². The van der Waals surface area contributed by atoms with Gasteiger partial charge in [-0.2, -0.15) is 0 Å². The van der Waals surface area contributed by atoms with E-state index >= 15 is 0 Å². The lowest BCUT2D eigenvalue weighted by Crippen LogP contribution is -2.37. The number of rotatable bonds is 3. The van der Waals surface area contributed by atoms with Crippen molar-refractivity contribution in [1.82, 2.24) is 0 Å². The van der Waals surface area contributed by atoms with Gasteiger partial charge in [0.15, 0.2) is 0 Å². The van der Waals surface area contributed by atoms with Crippen molar-refractivity contribution >= 4 is 34.0 Å². The summed E-state index contributed by atoms with van der Waals surface area (Å²) in [7, 11) is 0. The molecule has 1 heterocycles. The van der Waals surface area contributed by atoms with Crippen molar-refractivity contribution in [2.45, 2.75) is 19.4 Å². The number of hydrogen-bond acceptors (Lipinski definition) is 3. The number of ether oxygens (including phenoxy) is 1. The van der Waals surface area contributed by atoms with Gasteiger partial charge in [0.05, 0.1) is 13.2 Å². The molecule has 1 aliphatic rings. The molecule has 18 heavy (non-hydrogen) atoms. The van der Waals surface area contributed by atoms with Crippen LogP contribution < -0.4 is 10.6 Å². The molecule has 1 fully saturated rings. The minimum absolute atomic E-state index is 0. The molecule has 1 aromatic rings. The summed E-state index contributed by atoms with van der Waals surface area (Å²) < 4.78 is 6.51. The molecule has 3 nitrogen and oxygen atoms in total. The van der Waals surface area contributed by atoms with E-state index in [1.165, 1.54) is 11.3 Å². The van der Waals surface area contributed by atoms with Crippen molar-refractivity contribution < 1.29 is 4.74 Å². The summed E-state index contributed by atoms with van der Waals surface area (Å²) in [6.45, 7) is 5.59. The lowest BCUT2D eigenvalue weighted by atomic mass is 10.0. The molecule has 0 amide bonds. The highest BCUT2D eigenvalue weighted by molar-refractivity contribution is 9.10. The van der Waals surface area contributed by atoms with Gasteiger partial charge in [-0.15, -0.1) is 12.4 Å². The summed E-state index contributed by atoms with van der Waals surface area (Å²) in [5, 5.41) is 0. The Labute approximate surface area is 123 Å². The van der Waals surface area contributed by atoms with Crippen LogP contribution in [0.4, 0.5) is 5.69 Å². The second-order valence-corrected chi connectivity index (χ2v) is 5.47. The molecule has 1 unspecified atom stereocenters. The molecule has 0 radical (unpaired) electrons. The zero-order chi connectivity index (χ0) is 12.3. The fourth-order valence-electron chi connectivity index (χ4n) is 2.16. The summed E-state index contributed by atoms with van der Waals surface area (Å²) in [4.78, 5) is 2.38. The molecule has 0 spiro atoms.